The Kier molecular flexibility index (Phi) is 8.81. The molecule has 10 heteroatoms. The quantitative estimate of drug-likeness (QED) is 0.285. The molecule has 0 radical (unpaired) electrons. The van der Waals surface area contributed by atoms with Crippen LogP contribution < -0.4 is 20.1 Å². The van der Waals surface area contributed by atoms with Gasteiger partial charge in [0.1, 0.15) is 12.1 Å². The highest BCUT2D eigenvalue weighted by molar-refractivity contribution is 8.75. The number of hydrogen-bond donors (Lipinski definition) is 4. The molecule has 4 N–H and O–H groups in total. The fourth-order valence-corrected chi connectivity index (χ4v) is 2.39. The highest BCUT2D eigenvalue weighted by Crippen LogP contribution is 2.12. The molecule has 0 saturated carbocycles. The Hall–Kier alpha value is -1.42. The van der Waals surface area contributed by atoms with Crippen LogP contribution >= 0.6 is 22.0 Å². The van der Waals surface area contributed by atoms with Gasteiger partial charge >= 0.3 is 0 Å². The Bertz CT molecular complexity index is 355. The summed E-state index contributed by atoms with van der Waals surface area (Å²) in [4.78, 5) is 44.4. The standard InChI is InChI=1S/C10H18N4O4S2/c1-5(11-7(3)15)9(17)13-19-20-14-10(18)6(2)12-8(4)16/h5-6H,1-4H3,(H,11,15)(H,12,16)(H,13,17)(H,14,18). The second-order valence-corrected chi connectivity index (χ2v) is 5.69. The summed E-state index contributed by atoms with van der Waals surface area (Å²) in [6.45, 7) is 5.71. The maximum atomic E-state index is 11.5. The Morgan fingerprint density at radius 3 is 1.30 bits per heavy atom. The molecule has 2 atom stereocenters. The molecule has 114 valence electrons. The van der Waals surface area contributed by atoms with Gasteiger partial charge in [0, 0.05) is 35.8 Å². The number of amides is 4. The number of nitrogens with one attached hydrogen (secondary N) is 4. The number of hydrogen-bond acceptors (Lipinski definition) is 6. The largest absolute Gasteiger partial charge is 0.345 e. The first-order valence-corrected chi connectivity index (χ1v) is 7.85. The average molecular weight is 322 g/mol. The lowest BCUT2D eigenvalue weighted by Crippen LogP contribution is -2.43. The molecule has 0 fully saturated rings. The molecule has 20 heavy (non-hydrogen) atoms. The van der Waals surface area contributed by atoms with Gasteiger partial charge < -0.3 is 10.6 Å². The van der Waals surface area contributed by atoms with E-state index < -0.39 is 12.1 Å². The van der Waals surface area contributed by atoms with Crippen LogP contribution in [-0.2, 0) is 19.2 Å². The summed E-state index contributed by atoms with van der Waals surface area (Å²) in [5.74, 6) is -1.38. The van der Waals surface area contributed by atoms with Gasteiger partial charge in [-0.1, -0.05) is 0 Å². The topological polar surface area (TPSA) is 116 Å². The van der Waals surface area contributed by atoms with E-state index in [9.17, 15) is 19.2 Å². The van der Waals surface area contributed by atoms with Crippen LogP contribution in [0, 0.1) is 0 Å². The zero-order valence-electron chi connectivity index (χ0n) is 11.6. The molecule has 0 heterocycles. The molecule has 0 aromatic heterocycles. The summed E-state index contributed by atoms with van der Waals surface area (Å²) in [7, 11) is 1.81. The second-order valence-electron chi connectivity index (χ2n) is 3.94. The zero-order valence-corrected chi connectivity index (χ0v) is 13.2. The lowest BCUT2D eigenvalue weighted by Gasteiger charge is -2.13. The Morgan fingerprint density at radius 2 is 1.05 bits per heavy atom. The van der Waals surface area contributed by atoms with Crippen molar-refractivity contribution in [2.75, 3.05) is 0 Å². The van der Waals surface area contributed by atoms with E-state index in [4.69, 9.17) is 0 Å². The van der Waals surface area contributed by atoms with Gasteiger partial charge in [-0.25, -0.2) is 0 Å². The molecule has 0 spiro atoms. The molecular weight excluding hydrogens is 304 g/mol. The molecule has 0 aliphatic heterocycles. The summed E-state index contributed by atoms with van der Waals surface area (Å²) in [6, 6.07) is -1.32. The van der Waals surface area contributed by atoms with E-state index in [0.29, 0.717) is 0 Å². The maximum Gasteiger partial charge on any atom is 0.252 e. The maximum absolute atomic E-state index is 11.5. The monoisotopic (exact) mass is 322 g/mol. The first-order chi connectivity index (χ1) is 9.23. The van der Waals surface area contributed by atoms with Crippen molar-refractivity contribution in [3.63, 3.8) is 0 Å². The predicted octanol–water partition coefficient (Wildman–Crippen LogP) is -0.521. The minimum absolute atomic E-state index is 0.303. The molecule has 0 aliphatic rings. The molecule has 0 aliphatic carbocycles. The van der Waals surface area contributed by atoms with Crippen molar-refractivity contribution in [3.05, 3.63) is 0 Å². The van der Waals surface area contributed by atoms with E-state index in [1.165, 1.54) is 13.8 Å². The van der Waals surface area contributed by atoms with Crippen LogP contribution in [-0.4, -0.2) is 35.7 Å². The van der Waals surface area contributed by atoms with Gasteiger partial charge in [0.05, 0.1) is 0 Å². The van der Waals surface area contributed by atoms with Crippen molar-refractivity contribution in [2.24, 2.45) is 0 Å². The van der Waals surface area contributed by atoms with E-state index >= 15 is 0 Å². The van der Waals surface area contributed by atoms with E-state index in [0.717, 1.165) is 22.0 Å². The van der Waals surface area contributed by atoms with Gasteiger partial charge in [0.2, 0.25) is 11.8 Å². The Balaban J connectivity index is 3.85. The van der Waals surface area contributed by atoms with Gasteiger partial charge in [-0.3, -0.25) is 28.6 Å². The van der Waals surface area contributed by atoms with Crippen LogP contribution in [0.1, 0.15) is 27.7 Å². The lowest BCUT2D eigenvalue weighted by atomic mass is 10.3. The molecule has 2 unspecified atom stereocenters. The van der Waals surface area contributed by atoms with Crippen LogP contribution in [0.15, 0.2) is 0 Å². The van der Waals surface area contributed by atoms with Crippen LogP contribution in [0.25, 0.3) is 0 Å². The first-order valence-electron chi connectivity index (χ1n) is 5.70. The van der Waals surface area contributed by atoms with Gasteiger partial charge in [0.15, 0.2) is 0 Å². The van der Waals surface area contributed by atoms with Crippen molar-refractivity contribution in [3.8, 4) is 0 Å². The molecule has 0 rings (SSSR count). The van der Waals surface area contributed by atoms with E-state index in [2.05, 4.69) is 20.1 Å². The van der Waals surface area contributed by atoms with Crippen LogP contribution in [0.4, 0.5) is 0 Å². The molecule has 8 nitrogen and oxygen atoms in total. The summed E-state index contributed by atoms with van der Waals surface area (Å²) in [5.41, 5.74) is 0. The van der Waals surface area contributed by atoms with Gasteiger partial charge in [-0.15, -0.1) is 0 Å². The van der Waals surface area contributed by atoms with E-state index in [-0.39, 0.29) is 23.6 Å². The normalized spacial score (nSPS) is 12.8. The van der Waals surface area contributed by atoms with Gasteiger partial charge in [-0.05, 0) is 13.8 Å². The Morgan fingerprint density at radius 1 is 0.750 bits per heavy atom. The third-order valence-corrected chi connectivity index (χ3v) is 3.35. The molecule has 0 aromatic rings. The number of rotatable bonds is 7. The van der Waals surface area contributed by atoms with Crippen LogP contribution in [0.3, 0.4) is 0 Å². The molecule has 0 saturated heterocycles. The Labute approximate surface area is 125 Å². The third-order valence-electron chi connectivity index (χ3n) is 1.95. The van der Waals surface area contributed by atoms with Crippen LogP contribution in [0.5, 0.6) is 0 Å². The summed E-state index contributed by atoms with van der Waals surface area (Å²) >= 11 is 0. The summed E-state index contributed by atoms with van der Waals surface area (Å²) < 4.78 is 4.89. The number of carbonyl (C=O) groups is 4. The highest BCUT2D eigenvalue weighted by Gasteiger charge is 2.15. The van der Waals surface area contributed by atoms with Gasteiger partial charge in [0.25, 0.3) is 11.8 Å². The first kappa shape index (κ1) is 18.6. The molecule has 0 bridgehead atoms. The molecule has 0 aromatic carbocycles. The van der Waals surface area contributed by atoms with Crippen LogP contribution in [0.2, 0.25) is 0 Å². The van der Waals surface area contributed by atoms with Crippen molar-refractivity contribution in [1.29, 1.82) is 0 Å². The third kappa shape index (κ3) is 8.64. The summed E-state index contributed by atoms with van der Waals surface area (Å²) in [6.07, 6.45) is 0. The SMILES string of the molecule is CC(=O)NC(C)C(=O)NSSNC(=O)C(C)NC(C)=O. The molecule has 4 amide bonds. The zero-order chi connectivity index (χ0) is 15.7. The fraction of sp³-hybridized carbons (Fsp3) is 0.600. The van der Waals surface area contributed by atoms with E-state index in [1.54, 1.807) is 13.8 Å². The van der Waals surface area contributed by atoms with Crippen molar-refractivity contribution >= 4 is 45.6 Å². The van der Waals surface area contributed by atoms with E-state index in [1.807, 2.05) is 0 Å². The summed E-state index contributed by atoms with van der Waals surface area (Å²) in [5, 5.41) is 4.85. The fourth-order valence-electron chi connectivity index (χ4n) is 1.04. The highest BCUT2D eigenvalue weighted by atomic mass is 33.1. The van der Waals surface area contributed by atoms with Crippen molar-refractivity contribution in [1.82, 2.24) is 20.1 Å². The minimum Gasteiger partial charge on any atom is -0.345 e. The smallest absolute Gasteiger partial charge is 0.252 e. The average Bonchev–Trinajstić information content (AvgIpc) is 2.32. The molecular formula is C10H18N4O4S2. The predicted molar refractivity (Wildman–Crippen MR) is 78.0 cm³/mol. The van der Waals surface area contributed by atoms with Crippen molar-refractivity contribution < 1.29 is 19.2 Å². The van der Waals surface area contributed by atoms with Gasteiger partial charge in [-0.2, -0.15) is 0 Å². The minimum atomic E-state index is -0.658. The number of carbonyl (C=O) groups excluding carboxylic acids is 4. The lowest BCUT2D eigenvalue weighted by molar-refractivity contribution is -0.126. The second kappa shape index (κ2) is 9.48. The van der Waals surface area contributed by atoms with Crippen molar-refractivity contribution in [2.45, 2.75) is 39.8 Å².